The summed E-state index contributed by atoms with van der Waals surface area (Å²) in [5, 5.41) is 0.361. The van der Waals surface area contributed by atoms with Crippen molar-refractivity contribution in [2.24, 2.45) is 7.05 Å². The summed E-state index contributed by atoms with van der Waals surface area (Å²) >= 11 is 6.04. The molecule has 4 nitrogen and oxygen atoms in total. The minimum Gasteiger partial charge on any atom is -0.497 e. The lowest BCUT2D eigenvalue weighted by Gasteiger charge is -2.06. The summed E-state index contributed by atoms with van der Waals surface area (Å²) in [6.07, 6.45) is 0. The van der Waals surface area contributed by atoms with Crippen molar-refractivity contribution in [2.75, 3.05) is 7.11 Å². The Bertz CT molecular complexity index is 822. The zero-order valence-electron chi connectivity index (χ0n) is 11.6. The Morgan fingerprint density at radius 1 is 1.19 bits per heavy atom. The third-order valence-electron chi connectivity index (χ3n) is 3.44. The van der Waals surface area contributed by atoms with Gasteiger partial charge in [-0.2, -0.15) is 0 Å². The summed E-state index contributed by atoms with van der Waals surface area (Å²) in [6, 6.07) is 12.5. The summed E-state index contributed by atoms with van der Waals surface area (Å²) in [4.78, 5) is 16.9. The lowest BCUT2D eigenvalue weighted by atomic mass is 10.0. The maximum Gasteiger partial charge on any atom is 0.203 e. The van der Waals surface area contributed by atoms with Crippen molar-refractivity contribution in [3.8, 4) is 5.75 Å². The zero-order valence-corrected chi connectivity index (χ0v) is 12.4. The van der Waals surface area contributed by atoms with Crippen molar-refractivity contribution in [3.05, 3.63) is 58.9 Å². The van der Waals surface area contributed by atoms with Crippen LogP contribution in [0.2, 0.25) is 5.28 Å². The van der Waals surface area contributed by atoms with Crippen LogP contribution in [0.3, 0.4) is 0 Å². The van der Waals surface area contributed by atoms with Gasteiger partial charge in [-0.15, -0.1) is 0 Å². The van der Waals surface area contributed by atoms with E-state index in [0.29, 0.717) is 27.7 Å². The Balaban J connectivity index is 2.12. The van der Waals surface area contributed by atoms with Gasteiger partial charge in [0.05, 0.1) is 18.1 Å². The van der Waals surface area contributed by atoms with Crippen LogP contribution in [-0.4, -0.2) is 22.4 Å². The molecule has 0 aliphatic heterocycles. The Labute approximate surface area is 126 Å². The quantitative estimate of drug-likeness (QED) is 0.696. The first-order chi connectivity index (χ1) is 10.1. The van der Waals surface area contributed by atoms with Gasteiger partial charge >= 0.3 is 0 Å². The molecule has 0 amide bonds. The smallest absolute Gasteiger partial charge is 0.203 e. The van der Waals surface area contributed by atoms with Gasteiger partial charge in [0.1, 0.15) is 5.75 Å². The third kappa shape index (κ3) is 2.28. The zero-order chi connectivity index (χ0) is 15.0. The Morgan fingerprint density at radius 2 is 1.90 bits per heavy atom. The van der Waals surface area contributed by atoms with Crippen molar-refractivity contribution < 1.29 is 9.53 Å². The number of imidazole rings is 1. The predicted octanol–water partition coefficient (Wildman–Crippen LogP) is 3.47. The molecule has 5 heteroatoms. The number of hydrogen-bond donors (Lipinski definition) is 0. The summed E-state index contributed by atoms with van der Waals surface area (Å²) in [5.74, 6) is 0.649. The number of hydrogen-bond acceptors (Lipinski definition) is 3. The molecule has 0 N–H and O–H groups in total. The Morgan fingerprint density at radius 3 is 2.57 bits per heavy atom. The second-order valence-corrected chi connectivity index (χ2v) is 5.01. The van der Waals surface area contributed by atoms with Crippen LogP contribution in [0, 0.1) is 0 Å². The first kappa shape index (κ1) is 13.6. The highest BCUT2D eigenvalue weighted by atomic mass is 35.5. The lowest BCUT2D eigenvalue weighted by molar-refractivity contribution is 0.104. The van der Waals surface area contributed by atoms with Gasteiger partial charge in [-0.25, -0.2) is 4.98 Å². The molecule has 3 aromatic rings. The van der Waals surface area contributed by atoms with E-state index in [1.807, 2.05) is 12.1 Å². The molecule has 0 fully saturated rings. The second kappa shape index (κ2) is 5.22. The van der Waals surface area contributed by atoms with E-state index in [9.17, 15) is 4.79 Å². The van der Waals surface area contributed by atoms with Gasteiger partial charge in [0.15, 0.2) is 5.78 Å². The molecule has 3 rings (SSSR count). The van der Waals surface area contributed by atoms with E-state index in [4.69, 9.17) is 16.3 Å². The van der Waals surface area contributed by atoms with Crippen LogP contribution in [0.5, 0.6) is 5.75 Å². The average molecular weight is 301 g/mol. The van der Waals surface area contributed by atoms with Crippen LogP contribution in [0.15, 0.2) is 42.5 Å². The first-order valence-corrected chi connectivity index (χ1v) is 6.79. The number of benzene rings is 2. The number of ether oxygens (including phenoxy) is 1. The fraction of sp³-hybridized carbons (Fsp3) is 0.125. The first-order valence-electron chi connectivity index (χ1n) is 6.41. The molecular weight excluding hydrogens is 288 g/mol. The number of methoxy groups -OCH3 is 1. The number of fused-ring (bicyclic) bond motifs is 1. The monoisotopic (exact) mass is 300 g/mol. The fourth-order valence-corrected chi connectivity index (χ4v) is 2.50. The predicted molar refractivity (Wildman–Crippen MR) is 82.2 cm³/mol. The fourth-order valence-electron chi connectivity index (χ4n) is 2.32. The normalized spacial score (nSPS) is 10.8. The molecule has 0 saturated carbocycles. The number of rotatable bonds is 3. The van der Waals surface area contributed by atoms with Gasteiger partial charge in [0.2, 0.25) is 5.28 Å². The molecule has 1 heterocycles. The van der Waals surface area contributed by atoms with E-state index >= 15 is 0 Å². The molecule has 0 radical (unpaired) electrons. The van der Waals surface area contributed by atoms with E-state index in [1.54, 1.807) is 49.1 Å². The van der Waals surface area contributed by atoms with Crippen molar-refractivity contribution in [1.82, 2.24) is 9.55 Å². The van der Waals surface area contributed by atoms with Gasteiger partial charge < -0.3 is 9.30 Å². The number of nitrogens with zero attached hydrogens (tertiary/aromatic N) is 2. The molecule has 0 aliphatic carbocycles. The van der Waals surface area contributed by atoms with Gasteiger partial charge in [-0.3, -0.25) is 4.79 Å². The Kier molecular flexibility index (Phi) is 3.39. The minimum absolute atomic E-state index is 0.0667. The topological polar surface area (TPSA) is 44.1 Å². The van der Waals surface area contributed by atoms with Gasteiger partial charge in [-0.1, -0.05) is 6.07 Å². The lowest BCUT2D eigenvalue weighted by Crippen LogP contribution is -2.04. The maximum absolute atomic E-state index is 12.7. The summed E-state index contributed by atoms with van der Waals surface area (Å²) in [5.41, 5.74) is 2.63. The van der Waals surface area contributed by atoms with E-state index in [2.05, 4.69) is 4.98 Å². The molecule has 0 bridgehead atoms. The summed E-state index contributed by atoms with van der Waals surface area (Å²) < 4.78 is 6.82. The summed E-state index contributed by atoms with van der Waals surface area (Å²) in [7, 11) is 3.39. The van der Waals surface area contributed by atoms with Crippen LogP contribution in [0.1, 0.15) is 15.9 Å². The molecule has 0 spiro atoms. The van der Waals surface area contributed by atoms with Gasteiger partial charge in [0, 0.05) is 18.2 Å². The van der Waals surface area contributed by atoms with Crippen LogP contribution < -0.4 is 4.74 Å². The highest BCUT2D eigenvalue weighted by molar-refractivity contribution is 6.29. The summed E-state index contributed by atoms with van der Waals surface area (Å²) in [6.45, 7) is 0. The SMILES string of the molecule is COc1ccc(C(=O)c2cccc3nc(Cl)n(C)c23)cc1. The van der Waals surface area contributed by atoms with Crippen LogP contribution >= 0.6 is 11.6 Å². The number of carbonyl (C=O) groups is 1. The molecule has 1 aromatic heterocycles. The molecule has 106 valence electrons. The van der Waals surface area contributed by atoms with Crippen LogP contribution in [-0.2, 0) is 7.05 Å². The second-order valence-electron chi connectivity index (χ2n) is 4.67. The van der Waals surface area contributed by atoms with E-state index in [1.165, 1.54) is 0 Å². The molecule has 2 aromatic carbocycles. The van der Waals surface area contributed by atoms with Crippen molar-refractivity contribution in [3.63, 3.8) is 0 Å². The number of carbonyl (C=O) groups excluding carboxylic acids is 1. The number of aromatic nitrogens is 2. The van der Waals surface area contributed by atoms with E-state index in [-0.39, 0.29) is 5.78 Å². The molecule has 0 atom stereocenters. The highest BCUT2D eigenvalue weighted by Gasteiger charge is 2.17. The largest absolute Gasteiger partial charge is 0.497 e. The minimum atomic E-state index is -0.0667. The third-order valence-corrected chi connectivity index (χ3v) is 3.77. The van der Waals surface area contributed by atoms with Crippen molar-refractivity contribution in [2.45, 2.75) is 0 Å². The molecule has 0 saturated heterocycles. The van der Waals surface area contributed by atoms with E-state index in [0.717, 1.165) is 5.52 Å². The number of para-hydroxylation sites is 1. The van der Waals surface area contributed by atoms with E-state index < -0.39 is 0 Å². The number of ketones is 1. The van der Waals surface area contributed by atoms with Gasteiger partial charge in [-0.05, 0) is 48.0 Å². The highest BCUT2D eigenvalue weighted by Crippen LogP contribution is 2.24. The van der Waals surface area contributed by atoms with Gasteiger partial charge in [0.25, 0.3) is 0 Å². The van der Waals surface area contributed by atoms with Crippen LogP contribution in [0.4, 0.5) is 0 Å². The number of halogens is 1. The van der Waals surface area contributed by atoms with Crippen molar-refractivity contribution >= 4 is 28.4 Å². The molecule has 21 heavy (non-hydrogen) atoms. The Hall–Kier alpha value is -2.33. The molecular formula is C16H13ClN2O2. The maximum atomic E-state index is 12.7. The standard InChI is InChI=1S/C16H13ClN2O2/c1-19-14-12(4-3-5-13(14)18-16(19)17)15(20)10-6-8-11(21-2)9-7-10/h3-9H,1-2H3. The number of aryl methyl sites for hydroxylation is 1. The molecule has 0 unspecified atom stereocenters. The van der Waals surface area contributed by atoms with Crippen molar-refractivity contribution in [1.29, 1.82) is 0 Å². The average Bonchev–Trinajstić information content (AvgIpc) is 2.81. The molecule has 0 aliphatic rings. The van der Waals surface area contributed by atoms with Crippen LogP contribution in [0.25, 0.3) is 11.0 Å².